The summed E-state index contributed by atoms with van der Waals surface area (Å²) in [6.07, 6.45) is 0.207. The Labute approximate surface area is 175 Å². The van der Waals surface area contributed by atoms with E-state index in [0.717, 1.165) is 20.7 Å². The Balaban J connectivity index is 1.67. The topological polar surface area (TPSA) is 107 Å². The summed E-state index contributed by atoms with van der Waals surface area (Å²) in [5.74, 6) is 0.200. The molecule has 2 aromatic heterocycles. The minimum Gasteiger partial charge on any atom is -0.494 e. The predicted octanol–water partition coefficient (Wildman–Crippen LogP) is 3.72. The number of aromatic nitrogens is 1. The molecule has 8 nitrogen and oxygen atoms in total. The molecule has 0 saturated heterocycles. The molecule has 0 aliphatic carbocycles. The van der Waals surface area contributed by atoms with E-state index in [4.69, 9.17) is 15.2 Å². The molecule has 1 aliphatic heterocycles. The molecule has 2 amide bonds. The first-order valence-corrected chi connectivity index (χ1v) is 10.7. The fourth-order valence-electron chi connectivity index (χ4n) is 3.36. The van der Waals surface area contributed by atoms with Crippen molar-refractivity contribution in [3.63, 3.8) is 0 Å². The summed E-state index contributed by atoms with van der Waals surface area (Å²) in [4.78, 5) is 31.4. The van der Waals surface area contributed by atoms with Crippen LogP contribution in [0, 0.1) is 0 Å². The van der Waals surface area contributed by atoms with Gasteiger partial charge >= 0.3 is 6.09 Å². The third-order valence-corrected chi connectivity index (χ3v) is 6.72. The van der Waals surface area contributed by atoms with Crippen LogP contribution in [-0.2, 0) is 17.7 Å². The quantitative estimate of drug-likeness (QED) is 0.636. The average molecular weight is 433 g/mol. The van der Waals surface area contributed by atoms with Gasteiger partial charge in [-0.3, -0.25) is 4.79 Å². The number of nitrogens with one attached hydrogen (secondary N) is 1. The third-order valence-electron chi connectivity index (χ3n) is 4.65. The summed E-state index contributed by atoms with van der Waals surface area (Å²) in [5, 5.41) is 4.55. The molecule has 0 fully saturated rings. The van der Waals surface area contributed by atoms with Gasteiger partial charge in [-0.2, -0.15) is 0 Å². The van der Waals surface area contributed by atoms with Crippen molar-refractivity contribution in [1.82, 2.24) is 9.88 Å². The van der Waals surface area contributed by atoms with Crippen molar-refractivity contribution in [1.29, 1.82) is 0 Å². The maximum absolute atomic E-state index is 12.2. The number of fused-ring (bicyclic) bond motifs is 2. The van der Waals surface area contributed by atoms with Gasteiger partial charge in [0.1, 0.15) is 16.3 Å². The smallest absolute Gasteiger partial charge is 0.410 e. The van der Waals surface area contributed by atoms with E-state index in [-0.39, 0.29) is 6.09 Å². The lowest BCUT2D eigenvalue weighted by Crippen LogP contribution is -2.36. The van der Waals surface area contributed by atoms with Crippen LogP contribution in [0.15, 0.2) is 18.2 Å². The van der Waals surface area contributed by atoms with Gasteiger partial charge in [0.2, 0.25) is 0 Å². The van der Waals surface area contributed by atoms with Crippen LogP contribution >= 0.6 is 22.7 Å². The first-order chi connectivity index (χ1) is 14.0. The van der Waals surface area contributed by atoms with Crippen molar-refractivity contribution >= 4 is 55.0 Å². The molecule has 1 aliphatic rings. The first-order valence-electron chi connectivity index (χ1n) is 9.08. The van der Waals surface area contributed by atoms with Crippen LogP contribution in [0.5, 0.6) is 5.75 Å². The molecule has 0 atom stereocenters. The molecule has 0 saturated carbocycles. The lowest BCUT2D eigenvalue weighted by molar-refractivity contribution is 0.0997. The van der Waals surface area contributed by atoms with Gasteiger partial charge in [0.05, 0.1) is 30.5 Å². The highest BCUT2D eigenvalue weighted by atomic mass is 32.1. The minimum atomic E-state index is -0.492. The first kappa shape index (κ1) is 19.5. The molecule has 10 heteroatoms. The number of thiophene rings is 1. The van der Waals surface area contributed by atoms with Gasteiger partial charge < -0.3 is 25.4 Å². The largest absolute Gasteiger partial charge is 0.494 e. The van der Waals surface area contributed by atoms with Crippen molar-refractivity contribution < 1.29 is 19.1 Å². The molecule has 29 heavy (non-hydrogen) atoms. The Bertz CT molecular complexity index is 1090. The molecule has 3 N–H and O–H groups in total. The van der Waals surface area contributed by atoms with Crippen molar-refractivity contribution in [3.8, 4) is 5.75 Å². The van der Waals surface area contributed by atoms with Gasteiger partial charge in [0, 0.05) is 11.4 Å². The summed E-state index contributed by atoms with van der Waals surface area (Å²) >= 11 is 2.89. The zero-order valence-corrected chi connectivity index (χ0v) is 17.6. The van der Waals surface area contributed by atoms with E-state index in [2.05, 4.69) is 10.3 Å². The van der Waals surface area contributed by atoms with Crippen LogP contribution in [0.1, 0.15) is 27.7 Å². The van der Waals surface area contributed by atoms with Crippen molar-refractivity contribution in [2.75, 3.05) is 25.6 Å². The van der Waals surface area contributed by atoms with E-state index in [0.29, 0.717) is 47.6 Å². The van der Waals surface area contributed by atoms with Gasteiger partial charge in [0.15, 0.2) is 5.13 Å². The zero-order valence-electron chi connectivity index (χ0n) is 16.0. The number of nitrogens with zero attached hydrogens (tertiary/aromatic N) is 2. The number of carbonyl (C=O) groups is 2. The number of ether oxygens (including phenoxy) is 2. The Hall–Kier alpha value is -2.85. The molecule has 3 aromatic rings. The number of carbonyl (C=O) groups excluding carboxylic acids is 2. The number of hydrogen-bond donors (Lipinski definition) is 2. The summed E-state index contributed by atoms with van der Waals surface area (Å²) in [6, 6.07) is 5.73. The normalized spacial score (nSPS) is 13.2. The van der Waals surface area contributed by atoms with E-state index in [1.165, 1.54) is 22.7 Å². The highest BCUT2D eigenvalue weighted by Crippen LogP contribution is 2.40. The molecule has 0 unspecified atom stereocenters. The van der Waals surface area contributed by atoms with Crippen LogP contribution in [0.2, 0.25) is 0 Å². The number of benzene rings is 1. The summed E-state index contributed by atoms with van der Waals surface area (Å²) in [7, 11) is 1.61. The van der Waals surface area contributed by atoms with Crippen LogP contribution in [0.4, 0.5) is 14.9 Å². The Morgan fingerprint density at radius 2 is 2.17 bits per heavy atom. The molecule has 0 bridgehead atoms. The number of anilines is 2. The van der Waals surface area contributed by atoms with Crippen LogP contribution in [0.25, 0.3) is 10.2 Å². The molecule has 3 heterocycles. The van der Waals surface area contributed by atoms with E-state index in [9.17, 15) is 9.59 Å². The second kappa shape index (κ2) is 7.88. The fraction of sp³-hybridized carbons (Fsp3) is 0.316. The van der Waals surface area contributed by atoms with Gasteiger partial charge in [0.25, 0.3) is 5.91 Å². The number of primary amides is 1. The average Bonchev–Trinajstić information content (AvgIpc) is 3.27. The fourth-order valence-corrected chi connectivity index (χ4v) is 5.58. The summed E-state index contributed by atoms with van der Waals surface area (Å²) < 4.78 is 11.4. The second-order valence-corrected chi connectivity index (χ2v) is 8.53. The van der Waals surface area contributed by atoms with Crippen LogP contribution in [-0.4, -0.2) is 42.1 Å². The van der Waals surface area contributed by atoms with Gasteiger partial charge in [-0.1, -0.05) is 17.4 Å². The SMILES string of the molecule is CCOC(=O)N1CCc2c(sc(Nc3nc4c(OC)cccc4s3)c2C(N)=O)C1. The van der Waals surface area contributed by atoms with E-state index >= 15 is 0 Å². The number of para-hydroxylation sites is 1. The summed E-state index contributed by atoms with van der Waals surface area (Å²) in [6.45, 7) is 2.99. The number of nitrogens with two attached hydrogens (primary N) is 1. The van der Waals surface area contributed by atoms with E-state index < -0.39 is 5.91 Å². The van der Waals surface area contributed by atoms with Crippen LogP contribution in [0.3, 0.4) is 0 Å². The van der Waals surface area contributed by atoms with Crippen molar-refractivity contribution in [3.05, 3.63) is 34.2 Å². The number of rotatable bonds is 5. The second-order valence-electron chi connectivity index (χ2n) is 6.39. The maximum Gasteiger partial charge on any atom is 0.410 e. The van der Waals surface area contributed by atoms with E-state index in [1.807, 2.05) is 18.2 Å². The van der Waals surface area contributed by atoms with Gasteiger partial charge in [-0.05, 0) is 31.0 Å². The van der Waals surface area contributed by atoms with Crippen LogP contribution < -0.4 is 15.8 Å². The third kappa shape index (κ3) is 3.60. The molecular weight excluding hydrogens is 412 g/mol. The number of amides is 2. The van der Waals surface area contributed by atoms with Crippen molar-refractivity contribution in [2.45, 2.75) is 19.9 Å². The summed E-state index contributed by atoms with van der Waals surface area (Å²) in [5.41, 5.74) is 7.81. The van der Waals surface area contributed by atoms with E-state index in [1.54, 1.807) is 18.9 Å². The number of thiazole rings is 1. The zero-order chi connectivity index (χ0) is 20.5. The molecule has 0 radical (unpaired) electrons. The maximum atomic E-state index is 12.2. The molecule has 0 spiro atoms. The number of hydrogen-bond acceptors (Lipinski definition) is 8. The lowest BCUT2D eigenvalue weighted by Gasteiger charge is -2.26. The standard InChI is InChI=1S/C19H20N4O4S2/c1-3-27-19(25)23-8-7-10-13(9-23)28-17(14(10)16(20)24)22-18-21-15-11(26-2)5-4-6-12(15)29-18/h4-6H,3,7-9H2,1-2H3,(H2,20,24)(H,21,22). The minimum absolute atomic E-state index is 0.326. The highest BCUT2D eigenvalue weighted by molar-refractivity contribution is 7.23. The molecular formula is C19H20N4O4S2. The predicted molar refractivity (Wildman–Crippen MR) is 113 cm³/mol. The number of methoxy groups -OCH3 is 1. The highest BCUT2D eigenvalue weighted by Gasteiger charge is 2.29. The Morgan fingerprint density at radius 3 is 2.90 bits per heavy atom. The molecule has 152 valence electrons. The Morgan fingerprint density at radius 1 is 1.34 bits per heavy atom. The molecule has 1 aromatic carbocycles. The Kier molecular flexibility index (Phi) is 5.29. The molecule has 4 rings (SSSR count). The van der Waals surface area contributed by atoms with Gasteiger partial charge in [-0.15, -0.1) is 11.3 Å². The van der Waals surface area contributed by atoms with Gasteiger partial charge in [-0.25, -0.2) is 9.78 Å². The lowest BCUT2D eigenvalue weighted by atomic mass is 10.0. The van der Waals surface area contributed by atoms with Crippen molar-refractivity contribution in [2.24, 2.45) is 5.73 Å². The monoisotopic (exact) mass is 432 g/mol.